The number of hydrogen-bond acceptors (Lipinski definition) is 1. The van der Waals surface area contributed by atoms with Crippen molar-refractivity contribution in [3.63, 3.8) is 0 Å². The highest BCUT2D eigenvalue weighted by Gasteiger charge is 2.07. The zero-order chi connectivity index (χ0) is 11.1. The first-order valence-electron chi connectivity index (χ1n) is 5.58. The molecule has 0 spiro atoms. The molecule has 0 unspecified atom stereocenters. The minimum Gasteiger partial charge on any atom is -0.397 e. The number of fused-ring (bicyclic) bond motifs is 3. The molecule has 3 aromatic rings. The maximum absolute atomic E-state index is 6.07. The third-order valence-electron chi connectivity index (χ3n) is 3.11. The van der Waals surface area contributed by atoms with Gasteiger partial charge in [-0.25, -0.2) is 0 Å². The summed E-state index contributed by atoms with van der Waals surface area (Å²) in [6.45, 7) is 2.15. The molecule has 0 saturated heterocycles. The lowest BCUT2D eigenvalue weighted by Gasteiger charge is -2.01. The lowest BCUT2D eigenvalue weighted by Crippen LogP contribution is -1.89. The Morgan fingerprint density at radius 1 is 1.12 bits per heavy atom. The predicted molar refractivity (Wildman–Crippen MR) is 69.6 cm³/mol. The van der Waals surface area contributed by atoms with E-state index in [1.807, 2.05) is 6.07 Å². The van der Waals surface area contributed by atoms with Crippen LogP contribution in [0.5, 0.6) is 0 Å². The van der Waals surface area contributed by atoms with Gasteiger partial charge in [0.1, 0.15) is 0 Å². The third kappa shape index (κ3) is 1.20. The van der Waals surface area contributed by atoms with Crippen LogP contribution in [0.15, 0.2) is 36.4 Å². The fourth-order valence-electron chi connectivity index (χ4n) is 2.24. The van der Waals surface area contributed by atoms with Gasteiger partial charge in [-0.3, -0.25) is 0 Å². The number of benzene rings is 2. The van der Waals surface area contributed by atoms with E-state index in [1.54, 1.807) is 0 Å². The molecule has 0 fully saturated rings. The van der Waals surface area contributed by atoms with Crippen LogP contribution in [0.1, 0.15) is 12.5 Å². The van der Waals surface area contributed by atoms with Crippen molar-refractivity contribution in [3.05, 3.63) is 42.0 Å². The number of rotatable bonds is 1. The van der Waals surface area contributed by atoms with Gasteiger partial charge in [0.2, 0.25) is 0 Å². The standard InChI is InChI=1S/C14H14N2/c1-2-9-7-11-10-5-3-4-6-13(10)16-14(11)12(15)8-9/h3-8,16H,2,15H2,1H3. The Hall–Kier alpha value is -1.96. The van der Waals surface area contributed by atoms with Crippen molar-refractivity contribution in [2.45, 2.75) is 13.3 Å². The second-order valence-corrected chi connectivity index (χ2v) is 4.13. The fraction of sp³-hybridized carbons (Fsp3) is 0.143. The van der Waals surface area contributed by atoms with Crippen LogP contribution in [0.4, 0.5) is 5.69 Å². The Morgan fingerprint density at radius 2 is 1.94 bits per heavy atom. The number of aryl methyl sites for hydroxylation is 1. The number of nitrogens with two attached hydrogens (primary N) is 1. The van der Waals surface area contributed by atoms with Crippen molar-refractivity contribution in [1.82, 2.24) is 4.98 Å². The molecule has 1 heterocycles. The number of hydrogen-bond donors (Lipinski definition) is 2. The van der Waals surface area contributed by atoms with Crippen molar-refractivity contribution in [1.29, 1.82) is 0 Å². The molecule has 2 nitrogen and oxygen atoms in total. The highest BCUT2D eigenvalue weighted by molar-refractivity contribution is 6.11. The summed E-state index contributed by atoms with van der Waals surface area (Å²) in [4.78, 5) is 3.37. The van der Waals surface area contributed by atoms with E-state index in [0.717, 1.165) is 23.1 Å². The zero-order valence-electron chi connectivity index (χ0n) is 9.25. The van der Waals surface area contributed by atoms with Gasteiger partial charge in [-0.1, -0.05) is 25.1 Å². The molecule has 0 saturated carbocycles. The van der Waals surface area contributed by atoms with Crippen LogP contribution >= 0.6 is 0 Å². The van der Waals surface area contributed by atoms with Crippen molar-refractivity contribution in [3.8, 4) is 0 Å². The summed E-state index contributed by atoms with van der Waals surface area (Å²) in [6, 6.07) is 12.6. The van der Waals surface area contributed by atoms with Gasteiger partial charge in [-0.05, 0) is 30.2 Å². The van der Waals surface area contributed by atoms with Crippen LogP contribution in [0, 0.1) is 0 Å². The number of aromatic nitrogens is 1. The third-order valence-corrected chi connectivity index (χ3v) is 3.11. The van der Waals surface area contributed by atoms with Gasteiger partial charge < -0.3 is 10.7 Å². The maximum Gasteiger partial charge on any atom is 0.0698 e. The molecule has 0 radical (unpaired) electrons. The van der Waals surface area contributed by atoms with Gasteiger partial charge in [0.05, 0.1) is 11.2 Å². The second-order valence-electron chi connectivity index (χ2n) is 4.13. The normalized spacial score (nSPS) is 11.3. The molecule has 0 amide bonds. The molecule has 0 atom stereocenters. The SMILES string of the molecule is CCc1cc(N)c2[nH]c3ccccc3c2c1. The van der Waals surface area contributed by atoms with Crippen LogP contribution < -0.4 is 5.73 Å². The average molecular weight is 210 g/mol. The fourth-order valence-corrected chi connectivity index (χ4v) is 2.24. The Balaban J connectivity index is 2.51. The van der Waals surface area contributed by atoms with Gasteiger partial charge in [0, 0.05) is 16.3 Å². The second kappa shape index (κ2) is 3.27. The summed E-state index contributed by atoms with van der Waals surface area (Å²) in [5, 5.41) is 2.48. The van der Waals surface area contributed by atoms with Crippen molar-refractivity contribution in [2.75, 3.05) is 5.73 Å². The van der Waals surface area contributed by atoms with Crippen molar-refractivity contribution in [2.24, 2.45) is 0 Å². The zero-order valence-corrected chi connectivity index (χ0v) is 9.25. The predicted octanol–water partition coefficient (Wildman–Crippen LogP) is 3.47. The first kappa shape index (κ1) is 9.28. The van der Waals surface area contributed by atoms with E-state index in [0.29, 0.717) is 0 Å². The monoisotopic (exact) mass is 210 g/mol. The summed E-state index contributed by atoms with van der Waals surface area (Å²) < 4.78 is 0. The Morgan fingerprint density at radius 3 is 2.75 bits per heavy atom. The number of nitrogens with one attached hydrogen (secondary N) is 1. The van der Waals surface area contributed by atoms with Crippen LogP contribution in [0.2, 0.25) is 0 Å². The lowest BCUT2D eigenvalue weighted by atomic mass is 10.1. The van der Waals surface area contributed by atoms with E-state index in [1.165, 1.54) is 16.3 Å². The summed E-state index contributed by atoms with van der Waals surface area (Å²) in [5.41, 5.74) is 10.4. The minimum absolute atomic E-state index is 0.838. The van der Waals surface area contributed by atoms with E-state index in [2.05, 4.69) is 42.2 Å². The molecule has 0 aliphatic heterocycles. The first-order chi connectivity index (χ1) is 7.79. The maximum atomic E-state index is 6.07. The summed E-state index contributed by atoms with van der Waals surface area (Å²) in [5.74, 6) is 0. The molecule has 3 N–H and O–H groups in total. The van der Waals surface area contributed by atoms with E-state index in [-0.39, 0.29) is 0 Å². The van der Waals surface area contributed by atoms with Crippen molar-refractivity contribution < 1.29 is 0 Å². The van der Waals surface area contributed by atoms with Crippen molar-refractivity contribution >= 4 is 27.5 Å². The largest absolute Gasteiger partial charge is 0.397 e. The van der Waals surface area contributed by atoms with E-state index < -0.39 is 0 Å². The number of aromatic amines is 1. The van der Waals surface area contributed by atoms with Crippen LogP contribution in [-0.2, 0) is 6.42 Å². The smallest absolute Gasteiger partial charge is 0.0698 e. The Kier molecular flexibility index (Phi) is 1.90. The topological polar surface area (TPSA) is 41.8 Å². The summed E-state index contributed by atoms with van der Waals surface area (Å²) >= 11 is 0. The van der Waals surface area contributed by atoms with Gasteiger partial charge in [0.25, 0.3) is 0 Å². The molecule has 0 bridgehead atoms. The quantitative estimate of drug-likeness (QED) is 0.593. The molecule has 3 rings (SSSR count). The molecular weight excluding hydrogens is 196 g/mol. The highest BCUT2D eigenvalue weighted by Crippen LogP contribution is 2.30. The van der Waals surface area contributed by atoms with E-state index >= 15 is 0 Å². The van der Waals surface area contributed by atoms with Gasteiger partial charge in [-0.15, -0.1) is 0 Å². The molecule has 2 heteroatoms. The van der Waals surface area contributed by atoms with Gasteiger partial charge in [0.15, 0.2) is 0 Å². The van der Waals surface area contributed by atoms with Crippen LogP contribution in [-0.4, -0.2) is 4.98 Å². The molecule has 16 heavy (non-hydrogen) atoms. The van der Waals surface area contributed by atoms with Crippen LogP contribution in [0.25, 0.3) is 21.8 Å². The number of H-pyrrole nitrogens is 1. The number of para-hydroxylation sites is 1. The molecule has 1 aromatic heterocycles. The van der Waals surface area contributed by atoms with Crippen LogP contribution in [0.3, 0.4) is 0 Å². The molecular formula is C14H14N2. The lowest BCUT2D eigenvalue weighted by molar-refractivity contribution is 1.15. The average Bonchev–Trinajstić information content (AvgIpc) is 2.68. The molecule has 0 aliphatic rings. The molecule has 80 valence electrons. The number of nitrogen functional groups attached to an aromatic ring is 1. The minimum atomic E-state index is 0.838. The van der Waals surface area contributed by atoms with Gasteiger partial charge >= 0.3 is 0 Å². The molecule has 0 aliphatic carbocycles. The Labute approximate surface area is 94.1 Å². The molecule has 2 aromatic carbocycles. The summed E-state index contributed by atoms with van der Waals surface area (Å²) in [6.07, 6.45) is 1.01. The number of anilines is 1. The Bertz CT molecular complexity index is 665. The highest BCUT2D eigenvalue weighted by atomic mass is 14.7. The first-order valence-corrected chi connectivity index (χ1v) is 5.58. The van der Waals surface area contributed by atoms with E-state index in [9.17, 15) is 0 Å². The van der Waals surface area contributed by atoms with E-state index in [4.69, 9.17) is 5.73 Å². The summed E-state index contributed by atoms with van der Waals surface area (Å²) in [7, 11) is 0. The van der Waals surface area contributed by atoms with Gasteiger partial charge in [-0.2, -0.15) is 0 Å².